The van der Waals surface area contributed by atoms with Crippen LogP contribution in [0.25, 0.3) is 10.8 Å². The Hall–Kier alpha value is -2.01. The van der Waals surface area contributed by atoms with Crippen LogP contribution in [0.1, 0.15) is 12.7 Å². The third kappa shape index (κ3) is 2.24. The van der Waals surface area contributed by atoms with Gasteiger partial charge in [-0.25, -0.2) is 4.79 Å². The number of hydrogen-bond donors (Lipinski definition) is 3. The van der Waals surface area contributed by atoms with E-state index in [0.717, 1.165) is 6.07 Å². The van der Waals surface area contributed by atoms with Gasteiger partial charge in [0.2, 0.25) is 0 Å². The quantitative estimate of drug-likeness (QED) is 0.727. The molecule has 0 amide bonds. The summed E-state index contributed by atoms with van der Waals surface area (Å²) in [5, 5.41) is 28.5. The molecular weight excluding hydrogens is 224 g/mol. The summed E-state index contributed by atoms with van der Waals surface area (Å²) in [7, 11) is 0. The van der Waals surface area contributed by atoms with Gasteiger partial charge in [-0.2, -0.15) is 0 Å². The van der Waals surface area contributed by atoms with Crippen molar-refractivity contribution >= 4 is 10.8 Å². The van der Waals surface area contributed by atoms with Crippen LogP contribution in [0.3, 0.4) is 0 Å². The minimum absolute atomic E-state index is 0.0251. The van der Waals surface area contributed by atoms with Gasteiger partial charge >= 0.3 is 5.63 Å². The molecule has 0 aliphatic rings. The first-order valence-electron chi connectivity index (χ1n) is 5.14. The molecule has 0 aliphatic heterocycles. The third-order valence-electron chi connectivity index (χ3n) is 2.37. The molecular formula is C12H12O5. The molecule has 1 atom stereocenters. The number of phenolic OH excluding ortho intramolecular Hbond substituents is 2. The normalized spacial score (nSPS) is 12.8. The highest BCUT2D eigenvalue weighted by molar-refractivity contribution is 5.88. The smallest absolute Gasteiger partial charge is 0.347 e. The number of rotatable bonds is 2. The fourth-order valence-corrected chi connectivity index (χ4v) is 1.73. The molecule has 0 radical (unpaired) electrons. The number of benzene rings is 1. The highest BCUT2D eigenvalue weighted by atomic mass is 16.4. The Morgan fingerprint density at radius 3 is 2.65 bits per heavy atom. The summed E-state index contributed by atoms with van der Waals surface area (Å²) in [6, 6.07) is 3.95. The minimum Gasteiger partial charge on any atom is -0.508 e. The zero-order chi connectivity index (χ0) is 12.6. The van der Waals surface area contributed by atoms with E-state index in [-0.39, 0.29) is 23.3 Å². The second-order valence-corrected chi connectivity index (χ2v) is 3.98. The molecule has 0 bridgehead atoms. The maximum atomic E-state index is 11.6. The largest absolute Gasteiger partial charge is 0.508 e. The van der Waals surface area contributed by atoms with Crippen LogP contribution in [0, 0.1) is 0 Å². The van der Waals surface area contributed by atoms with Crippen LogP contribution >= 0.6 is 0 Å². The first-order valence-corrected chi connectivity index (χ1v) is 5.14. The number of aliphatic hydroxyl groups is 1. The molecule has 2 rings (SSSR count). The summed E-state index contributed by atoms with van der Waals surface area (Å²) >= 11 is 0. The van der Waals surface area contributed by atoms with Crippen LogP contribution in [0.5, 0.6) is 11.5 Å². The third-order valence-corrected chi connectivity index (χ3v) is 2.37. The molecule has 2 aromatic rings. The van der Waals surface area contributed by atoms with Crippen LogP contribution < -0.4 is 5.63 Å². The molecule has 3 N–H and O–H groups in total. The van der Waals surface area contributed by atoms with Crippen molar-refractivity contribution in [1.29, 1.82) is 0 Å². The average molecular weight is 236 g/mol. The molecule has 0 aliphatic carbocycles. The lowest BCUT2D eigenvalue weighted by Gasteiger charge is -2.05. The molecule has 1 aromatic heterocycles. The molecule has 0 saturated heterocycles. The minimum atomic E-state index is -0.685. The van der Waals surface area contributed by atoms with Crippen molar-refractivity contribution < 1.29 is 19.7 Å². The van der Waals surface area contributed by atoms with Gasteiger partial charge in [0, 0.05) is 12.5 Å². The second kappa shape index (κ2) is 4.10. The summed E-state index contributed by atoms with van der Waals surface area (Å²) in [6.45, 7) is 1.57. The Bertz CT molecular complexity index is 612. The summed E-state index contributed by atoms with van der Waals surface area (Å²) in [4.78, 5) is 11.6. The maximum absolute atomic E-state index is 11.6. The highest BCUT2D eigenvalue weighted by Gasteiger charge is 2.11. The molecule has 90 valence electrons. The highest BCUT2D eigenvalue weighted by Crippen LogP contribution is 2.27. The Kier molecular flexibility index (Phi) is 2.77. The van der Waals surface area contributed by atoms with E-state index in [1.807, 2.05) is 0 Å². The zero-order valence-electron chi connectivity index (χ0n) is 9.17. The van der Waals surface area contributed by atoms with Crippen molar-refractivity contribution in [2.24, 2.45) is 0 Å². The Morgan fingerprint density at radius 2 is 2.00 bits per heavy atom. The molecule has 17 heavy (non-hydrogen) atoms. The molecule has 1 unspecified atom stereocenters. The lowest BCUT2D eigenvalue weighted by atomic mass is 10.1. The van der Waals surface area contributed by atoms with Crippen molar-refractivity contribution in [2.75, 3.05) is 0 Å². The topological polar surface area (TPSA) is 90.9 Å². The van der Waals surface area contributed by atoms with Crippen LogP contribution in [0.2, 0.25) is 0 Å². The SMILES string of the molecule is CC(O)Cc1cc2cc(O)cc(O)c2c(=O)o1. The first kappa shape index (κ1) is 11.5. The number of hydrogen-bond acceptors (Lipinski definition) is 5. The van der Waals surface area contributed by atoms with Gasteiger partial charge < -0.3 is 19.7 Å². The van der Waals surface area contributed by atoms with E-state index in [0.29, 0.717) is 11.1 Å². The zero-order valence-corrected chi connectivity index (χ0v) is 9.17. The van der Waals surface area contributed by atoms with E-state index >= 15 is 0 Å². The van der Waals surface area contributed by atoms with Crippen LogP contribution in [-0.2, 0) is 6.42 Å². The predicted octanol–water partition coefficient (Wildman–Crippen LogP) is 1.13. The fraction of sp³-hybridized carbons (Fsp3) is 0.250. The van der Waals surface area contributed by atoms with E-state index < -0.39 is 11.7 Å². The molecule has 1 heterocycles. The molecule has 1 aromatic carbocycles. The van der Waals surface area contributed by atoms with Crippen molar-refractivity contribution in [2.45, 2.75) is 19.4 Å². The number of phenols is 2. The summed E-state index contributed by atoms with van der Waals surface area (Å²) < 4.78 is 4.96. The average Bonchev–Trinajstić information content (AvgIpc) is 2.13. The van der Waals surface area contributed by atoms with Crippen molar-refractivity contribution in [3.05, 3.63) is 34.4 Å². The number of aromatic hydroxyl groups is 2. The Labute approximate surface area is 96.6 Å². The van der Waals surface area contributed by atoms with Crippen LogP contribution in [0.15, 0.2) is 27.4 Å². The lowest BCUT2D eigenvalue weighted by molar-refractivity contribution is 0.186. The first-order chi connectivity index (χ1) is 7.97. The fourth-order valence-electron chi connectivity index (χ4n) is 1.73. The Morgan fingerprint density at radius 1 is 1.29 bits per heavy atom. The van der Waals surface area contributed by atoms with Crippen molar-refractivity contribution in [3.8, 4) is 11.5 Å². The van der Waals surface area contributed by atoms with Crippen molar-refractivity contribution in [1.82, 2.24) is 0 Å². The molecule has 5 nitrogen and oxygen atoms in total. The number of aliphatic hydroxyl groups excluding tert-OH is 1. The Balaban J connectivity index is 2.69. The van der Waals surface area contributed by atoms with E-state index in [1.54, 1.807) is 6.92 Å². The van der Waals surface area contributed by atoms with Crippen LogP contribution in [0.4, 0.5) is 0 Å². The van der Waals surface area contributed by atoms with E-state index in [9.17, 15) is 20.1 Å². The van der Waals surface area contributed by atoms with E-state index in [1.165, 1.54) is 12.1 Å². The van der Waals surface area contributed by atoms with Gasteiger partial charge in [-0.3, -0.25) is 0 Å². The molecule has 0 saturated carbocycles. The monoisotopic (exact) mass is 236 g/mol. The standard InChI is InChI=1S/C12H12O5/c1-6(13)2-9-4-7-3-8(14)5-10(15)11(7)12(16)17-9/h3-6,13-15H,2H2,1H3. The van der Waals surface area contributed by atoms with E-state index in [4.69, 9.17) is 4.42 Å². The molecule has 5 heteroatoms. The number of fused-ring (bicyclic) bond motifs is 1. The van der Waals surface area contributed by atoms with E-state index in [2.05, 4.69) is 0 Å². The summed E-state index contributed by atoms with van der Waals surface area (Å²) in [5.41, 5.74) is -0.685. The lowest BCUT2D eigenvalue weighted by Crippen LogP contribution is -2.08. The van der Waals surface area contributed by atoms with Gasteiger partial charge in [0.25, 0.3) is 0 Å². The van der Waals surface area contributed by atoms with Gasteiger partial charge in [-0.15, -0.1) is 0 Å². The van der Waals surface area contributed by atoms with Gasteiger partial charge in [0.1, 0.15) is 22.6 Å². The van der Waals surface area contributed by atoms with Gasteiger partial charge in [-0.05, 0) is 24.4 Å². The van der Waals surface area contributed by atoms with Crippen LogP contribution in [-0.4, -0.2) is 21.4 Å². The molecule has 0 spiro atoms. The second-order valence-electron chi connectivity index (χ2n) is 3.98. The van der Waals surface area contributed by atoms with Crippen molar-refractivity contribution in [3.63, 3.8) is 0 Å². The summed E-state index contributed by atoms with van der Waals surface area (Å²) in [5.74, 6) is -0.150. The van der Waals surface area contributed by atoms with Gasteiger partial charge in [0.15, 0.2) is 0 Å². The predicted molar refractivity (Wildman–Crippen MR) is 61.2 cm³/mol. The summed E-state index contributed by atoms with van der Waals surface area (Å²) in [6.07, 6.45) is -0.441. The van der Waals surface area contributed by atoms with Gasteiger partial charge in [-0.1, -0.05) is 0 Å². The maximum Gasteiger partial charge on any atom is 0.347 e. The molecule has 0 fully saturated rings. The van der Waals surface area contributed by atoms with Gasteiger partial charge in [0.05, 0.1) is 6.10 Å².